The van der Waals surface area contributed by atoms with Gasteiger partial charge >= 0.3 is 0 Å². The second-order valence-corrected chi connectivity index (χ2v) is 8.17. The third-order valence-corrected chi connectivity index (χ3v) is 5.59. The predicted molar refractivity (Wildman–Crippen MR) is 137 cm³/mol. The molecule has 0 radical (unpaired) electrons. The fourth-order valence-electron chi connectivity index (χ4n) is 3.75. The monoisotopic (exact) mass is 456 g/mol. The van der Waals surface area contributed by atoms with Crippen LogP contribution >= 0.6 is 12.2 Å². The molecule has 0 spiro atoms. The lowest BCUT2D eigenvalue weighted by Crippen LogP contribution is -2.47. The lowest BCUT2D eigenvalue weighted by atomic mass is 9.99. The van der Waals surface area contributed by atoms with Gasteiger partial charge in [-0.1, -0.05) is 60.2 Å². The highest BCUT2D eigenvalue weighted by molar-refractivity contribution is 7.80. The van der Waals surface area contributed by atoms with E-state index in [2.05, 4.69) is 16.2 Å². The van der Waals surface area contributed by atoms with E-state index in [4.69, 9.17) is 12.2 Å². The summed E-state index contributed by atoms with van der Waals surface area (Å²) in [6.45, 7) is 3.69. The van der Waals surface area contributed by atoms with Crippen LogP contribution in [0.2, 0.25) is 0 Å². The van der Waals surface area contributed by atoms with Gasteiger partial charge in [0.25, 0.3) is 11.5 Å². The van der Waals surface area contributed by atoms with Crippen molar-refractivity contribution >= 4 is 39.8 Å². The Morgan fingerprint density at radius 1 is 0.909 bits per heavy atom. The fourth-order valence-corrected chi connectivity index (χ4v) is 3.91. The average molecular weight is 457 g/mol. The molecule has 0 fully saturated rings. The van der Waals surface area contributed by atoms with Crippen molar-refractivity contribution in [3.8, 4) is 11.1 Å². The van der Waals surface area contributed by atoms with Crippen LogP contribution in [-0.4, -0.2) is 15.6 Å². The van der Waals surface area contributed by atoms with Gasteiger partial charge in [-0.15, -0.1) is 0 Å². The van der Waals surface area contributed by atoms with Crippen LogP contribution in [0.15, 0.2) is 89.7 Å². The first-order valence-electron chi connectivity index (χ1n) is 10.6. The number of nitrogens with zero attached hydrogens (tertiary/aromatic N) is 1. The summed E-state index contributed by atoms with van der Waals surface area (Å²) in [7, 11) is 0. The molecule has 0 aliphatic heterocycles. The van der Waals surface area contributed by atoms with Gasteiger partial charge in [-0.05, 0) is 61.5 Å². The summed E-state index contributed by atoms with van der Waals surface area (Å²) in [5.41, 5.74) is 9.40. The van der Waals surface area contributed by atoms with E-state index < -0.39 is 6.04 Å². The van der Waals surface area contributed by atoms with Crippen LogP contribution in [0.5, 0.6) is 0 Å². The van der Waals surface area contributed by atoms with Crippen LogP contribution in [-0.2, 0) is 4.79 Å². The van der Waals surface area contributed by atoms with Gasteiger partial charge in [-0.25, -0.2) is 0 Å². The number of hydrogen-bond donors (Lipinski definition) is 3. The van der Waals surface area contributed by atoms with Crippen molar-refractivity contribution in [1.82, 2.24) is 15.4 Å². The van der Waals surface area contributed by atoms with Gasteiger partial charge in [0.05, 0.1) is 5.52 Å². The highest BCUT2D eigenvalue weighted by atomic mass is 32.1. The Kier molecular flexibility index (Phi) is 6.51. The summed E-state index contributed by atoms with van der Waals surface area (Å²) < 4.78 is 1.51. The van der Waals surface area contributed by atoms with E-state index in [9.17, 15) is 9.59 Å². The number of hydrazine groups is 1. The van der Waals surface area contributed by atoms with Gasteiger partial charge in [0, 0.05) is 17.1 Å². The zero-order chi connectivity index (χ0) is 23.4. The molecule has 1 amide bonds. The Labute approximate surface area is 197 Å². The Hall–Kier alpha value is -3.97. The van der Waals surface area contributed by atoms with E-state index in [-0.39, 0.29) is 16.6 Å². The Balaban J connectivity index is 1.61. The maximum atomic E-state index is 13.2. The van der Waals surface area contributed by atoms with Gasteiger partial charge in [0.1, 0.15) is 6.04 Å². The number of rotatable bonds is 4. The first-order valence-corrected chi connectivity index (χ1v) is 11.0. The minimum atomic E-state index is -0.764. The van der Waals surface area contributed by atoms with Crippen molar-refractivity contribution in [1.29, 1.82) is 0 Å². The van der Waals surface area contributed by atoms with E-state index in [1.54, 1.807) is 13.0 Å². The molecule has 166 valence electrons. The number of pyridine rings is 1. The number of aromatic nitrogens is 1. The third-order valence-electron chi connectivity index (χ3n) is 5.39. The number of aryl methyl sites for hydroxylation is 1. The number of fused-ring (bicyclic) bond motifs is 1. The Morgan fingerprint density at radius 2 is 1.58 bits per heavy atom. The third kappa shape index (κ3) is 4.94. The summed E-state index contributed by atoms with van der Waals surface area (Å²) in [4.78, 5) is 26.1. The zero-order valence-corrected chi connectivity index (χ0v) is 19.1. The molecule has 0 saturated heterocycles. The predicted octanol–water partition coefficient (Wildman–Crippen LogP) is 4.56. The van der Waals surface area contributed by atoms with Crippen molar-refractivity contribution in [3.05, 3.63) is 101 Å². The molecular weight excluding hydrogens is 432 g/mol. The summed E-state index contributed by atoms with van der Waals surface area (Å²) in [6.07, 6.45) is 0. The second kappa shape index (κ2) is 9.67. The molecule has 0 bridgehead atoms. The molecule has 1 heterocycles. The molecule has 4 aromatic rings. The maximum Gasteiger partial charge on any atom is 0.261 e. The molecule has 3 N–H and O–H groups in total. The van der Waals surface area contributed by atoms with Crippen LogP contribution in [0.25, 0.3) is 22.0 Å². The molecule has 6 nitrogen and oxygen atoms in total. The number of carbonyl (C=O) groups is 1. The molecule has 0 aliphatic carbocycles. The molecule has 1 atom stereocenters. The van der Waals surface area contributed by atoms with Crippen molar-refractivity contribution in [3.63, 3.8) is 0 Å². The van der Waals surface area contributed by atoms with Gasteiger partial charge in [-0.3, -0.25) is 25.0 Å². The molecule has 33 heavy (non-hydrogen) atoms. The minimum Gasteiger partial charge on any atom is -0.331 e. The molecular formula is C26H24N4O2S. The number of thiocarbonyl (C=S) groups is 1. The van der Waals surface area contributed by atoms with E-state index in [1.807, 2.05) is 85.8 Å². The number of hydrogen-bond acceptors (Lipinski definition) is 3. The lowest BCUT2D eigenvalue weighted by molar-refractivity contribution is -0.124. The minimum absolute atomic E-state index is 0.244. The molecule has 0 aliphatic rings. The average Bonchev–Trinajstić information content (AvgIpc) is 2.83. The van der Waals surface area contributed by atoms with Gasteiger partial charge in [-0.2, -0.15) is 0 Å². The summed E-state index contributed by atoms with van der Waals surface area (Å²) in [5.74, 6) is -0.386. The highest BCUT2D eigenvalue weighted by Gasteiger charge is 2.20. The smallest absolute Gasteiger partial charge is 0.261 e. The number of benzene rings is 3. The zero-order valence-electron chi connectivity index (χ0n) is 18.3. The number of nitrogens with one attached hydrogen (secondary N) is 3. The fraction of sp³-hybridized carbons (Fsp3) is 0.115. The first kappa shape index (κ1) is 22.2. The standard InChI is InChI=1S/C26H24N4O2S/c1-17-13-14-23-22(15-17)21(19-9-5-3-6-10-19)16-24(31)30(23)18(2)25(32)28-29-26(33)27-20-11-7-4-8-12-20/h3-16,18H,1-2H3,(H,28,32)(H2,27,29,33). The topological polar surface area (TPSA) is 75.2 Å². The molecule has 1 unspecified atom stereocenters. The Morgan fingerprint density at radius 3 is 2.27 bits per heavy atom. The normalized spacial score (nSPS) is 11.6. The maximum absolute atomic E-state index is 13.2. The van der Waals surface area contributed by atoms with Crippen molar-refractivity contribution in [2.75, 3.05) is 5.32 Å². The number of anilines is 1. The molecule has 3 aromatic carbocycles. The van der Waals surface area contributed by atoms with Crippen molar-refractivity contribution in [2.45, 2.75) is 19.9 Å². The van der Waals surface area contributed by atoms with Crippen molar-refractivity contribution in [2.24, 2.45) is 0 Å². The van der Waals surface area contributed by atoms with Crippen LogP contribution in [0.1, 0.15) is 18.5 Å². The van der Waals surface area contributed by atoms with Gasteiger partial charge in [0.15, 0.2) is 5.11 Å². The first-order chi connectivity index (χ1) is 15.9. The quantitative estimate of drug-likeness (QED) is 0.310. The number of carbonyl (C=O) groups excluding carboxylic acids is 1. The van der Waals surface area contributed by atoms with Crippen LogP contribution < -0.4 is 21.7 Å². The van der Waals surface area contributed by atoms with E-state index in [1.165, 1.54) is 4.57 Å². The SMILES string of the molecule is Cc1ccc2c(c1)c(-c1ccccc1)cc(=O)n2C(C)C(=O)NNC(=S)Nc1ccccc1. The molecule has 1 aromatic heterocycles. The highest BCUT2D eigenvalue weighted by Crippen LogP contribution is 2.29. The van der Waals surface area contributed by atoms with Crippen LogP contribution in [0.3, 0.4) is 0 Å². The second-order valence-electron chi connectivity index (χ2n) is 7.76. The van der Waals surface area contributed by atoms with E-state index in [0.717, 1.165) is 27.8 Å². The summed E-state index contributed by atoms with van der Waals surface area (Å²) in [5, 5.41) is 4.14. The molecule has 0 saturated carbocycles. The number of para-hydroxylation sites is 1. The van der Waals surface area contributed by atoms with E-state index in [0.29, 0.717) is 5.52 Å². The molecule has 4 rings (SSSR count). The van der Waals surface area contributed by atoms with E-state index >= 15 is 0 Å². The summed E-state index contributed by atoms with van der Waals surface area (Å²) >= 11 is 5.24. The Bertz CT molecular complexity index is 1370. The summed E-state index contributed by atoms with van der Waals surface area (Å²) in [6, 6.07) is 25.8. The van der Waals surface area contributed by atoms with Crippen LogP contribution in [0, 0.1) is 6.92 Å². The van der Waals surface area contributed by atoms with Gasteiger partial charge < -0.3 is 5.32 Å². The molecule has 7 heteroatoms. The lowest BCUT2D eigenvalue weighted by Gasteiger charge is -2.20. The largest absolute Gasteiger partial charge is 0.331 e. The van der Waals surface area contributed by atoms with Gasteiger partial charge in [0.2, 0.25) is 0 Å². The van der Waals surface area contributed by atoms with Crippen molar-refractivity contribution < 1.29 is 4.79 Å². The number of amides is 1. The van der Waals surface area contributed by atoms with Crippen LogP contribution in [0.4, 0.5) is 5.69 Å².